The Morgan fingerprint density at radius 1 is 1.40 bits per heavy atom. The number of hydrogen-bond donors (Lipinski definition) is 3. The second-order valence-electron chi connectivity index (χ2n) is 6.39. The minimum atomic E-state index is -0.0786. The van der Waals surface area contributed by atoms with Crippen molar-refractivity contribution in [3.05, 3.63) is 36.0 Å². The quantitative estimate of drug-likeness (QED) is 0.800. The number of aliphatic hydroxyl groups excluding tert-OH is 1. The second-order valence-corrected chi connectivity index (χ2v) is 6.39. The van der Waals surface area contributed by atoms with Gasteiger partial charge in [0.15, 0.2) is 0 Å². The maximum absolute atomic E-state index is 9.81. The molecular formula is C17H24N2O. The second kappa shape index (κ2) is 5.58. The average Bonchev–Trinajstić information content (AvgIpc) is 2.93. The van der Waals surface area contributed by atoms with E-state index in [1.54, 1.807) is 0 Å². The van der Waals surface area contributed by atoms with Gasteiger partial charge in [-0.2, -0.15) is 0 Å². The van der Waals surface area contributed by atoms with Crippen molar-refractivity contribution in [2.45, 2.75) is 44.7 Å². The van der Waals surface area contributed by atoms with E-state index in [2.05, 4.69) is 41.5 Å². The number of aromatic nitrogens is 1. The molecule has 3 rings (SSSR count). The minimum Gasteiger partial charge on any atom is -0.394 e. The molecule has 1 aromatic carbocycles. The van der Waals surface area contributed by atoms with E-state index in [0.717, 1.165) is 19.4 Å². The summed E-state index contributed by atoms with van der Waals surface area (Å²) in [6.45, 7) is 3.36. The fraction of sp³-hybridized carbons (Fsp3) is 0.529. The zero-order valence-electron chi connectivity index (χ0n) is 12.2. The summed E-state index contributed by atoms with van der Waals surface area (Å²) in [5.74, 6) is 0.704. The molecule has 1 aliphatic carbocycles. The first-order chi connectivity index (χ1) is 9.71. The molecule has 0 radical (unpaired) electrons. The molecule has 20 heavy (non-hydrogen) atoms. The largest absolute Gasteiger partial charge is 0.394 e. The van der Waals surface area contributed by atoms with Crippen LogP contribution in [-0.4, -0.2) is 22.2 Å². The molecule has 1 aromatic heterocycles. The van der Waals surface area contributed by atoms with Crippen LogP contribution in [0.5, 0.6) is 0 Å². The van der Waals surface area contributed by atoms with Crippen LogP contribution in [0.15, 0.2) is 30.5 Å². The van der Waals surface area contributed by atoms with Crippen LogP contribution in [0.3, 0.4) is 0 Å². The zero-order chi connectivity index (χ0) is 14.0. The Balaban J connectivity index is 1.70. The molecule has 2 unspecified atom stereocenters. The summed E-state index contributed by atoms with van der Waals surface area (Å²) in [6, 6.07) is 8.60. The lowest BCUT2D eigenvalue weighted by Crippen LogP contribution is -2.51. The van der Waals surface area contributed by atoms with Crippen LogP contribution in [-0.2, 0) is 6.54 Å². The summed E-state index contributed by atoms with van der Waals surface area (Å²) in [4.78, 5) is 3.22. The molecule has 108 valence electrons. The van der Waals surface area contributed by atoms with Crippen LogP contribution in [0, 0.1) is 5.92 Å². The molecule has 0 saturated heterocycles. The van der Waals surface area contributed by atoms with E-state index in [0.29, 0.717) is 5.92 Å². The Labute approximate surface area is 120 Å². The lowest BCUT2D eigenvalue weighted by Gasteiger charge is -2.39. The third-order valence-electron chi connectivity index (χ3n) is 4.68. The third-order valence-corrected chi connectivity index (χ3v) is 4.68. The number of fused-ring (bicyclic) bond motifs is 1. The van der Waals surface area contributed by atoms with E-state index < -0.39 is 0 Å². The molecule has 2 atom stereocenters. The molecule has 0 spiro atoms. The Hall–Kier alpha value is -1.32. The third kappa shape index (κ3) is 2.74. The number of aromatic amines is 1. The van der Waals surface area contributed by atoms with E-state index in [1.807, 2.05) is 6.20 Å². The number of H-pyrrole nitrogens is 1. The molecule has 3 nitrogen and oxygen atoms in total. The van der Waals surface area contributed by atoms with Gasteiger partial charge >= 0.3 is 0 Å². The molecule has 1 aliphatic rings. The Kier molecular flexibility index (Phi) is 3.81. The van der Waals surface area contributed by atoms with Gasteiger partial charge in [-0.1, -0.05) is 25.8 Å². The molecule has 0 aliphatic heterocycles. The van der Waals surface area contributed by atoms with Gasteiger partial charge in [-0.25, -0.2) is 0 Å². The SMILES string of the molecule is CC1CCCC(CO)(NCc2ccc3[nH]ccc3c2)C1. The number of aliphatic hydroxyl groups is 1. The monoisotopic (exact) mass is 272 g/mol. The smallest absolute Gasteiger partial charge is 0.0613 e. The van der Waals surface area contributed by atoms with Gasteiger partial charge in [0.1, 0.15) is 0 Å². The van der Waals surface area contributed by atoms with E-state index in [1.165, 1.54) is 29.3 Å². The van der Waals surface area contributed by atoms with Crippen LogP contribution in [0.4, 0.5) is 0 Å². The van der Waals surface area contributed by atoms with Crippen molar-refractivity contribution in [1.29, 1.82) is 0 Å². The van der Waals surface area contributed by atoms with Gasteiger partial charge < -0.3 is 15.4 Å². The number of nitrogens with one attached hydrogen (secondary N) is 2. The molecule has 1 saturated carbocycles. The van der Waals surface area contributed by atoms with Gasteiger partial charge in [-0.05, 0) is 47.9 Å². The molecule has 3 N–H and O–H groups in total. The normalized spacial score (nSPS) is 27.0. The summed E-state index contributed by atoms with van der Waals surface area (Å²) >= 11 is 0. The first-order valence-electron chi connectivity index (χ1n) is 7.63. The van der Waals surface area contributed by atoms with Crippen molar-refractivity contribution in [2.75, 3.05) is 6.61 Å². The summed E-state index contributed by atoms with van der Waals surface area (Å²) in [7, 11) is 0. The lowest BCUT2D eigenvalue weighted by atomic mass is 9.77. The van der Waals surface area contributed by atoms with E-state index in [-0.39, 0.29) is 12.1 Å². The van der Waals surface area contributed by atoms with Gasteiger partial charge in [-0.15, -0.1) is 0 Å². The Morgan fingerprint density at radius 2 is 2.30 bits per heavy atom. The molecule has 0 bridgehead atoms. The van der Waals surface area contributed by atoms with Gasteiger partial charge in [-0.3, -0.25) is 0 Å². The van der Waals surface area contributed by atoms with Crippen LogP contribution in [0.2, 0.25) is 0 Å². The fourth-order valence-electron chi connectivity index (χ4n) is 3.52. The van der Waals surface area contributed by atoms with Gasteiger partial charge in [0, 0.05) is 23.8 Å². The predicted molar refractivity (Wildman–Crippen MR) is 82.6 cm³/mol. The fourth-order valence-corrected chi connectivity index (χ4v) is 3.52. The highest BCUT2D eigenvalue weighted by atomic mass is 16.3. The van der Waals surface area contributed by atoms with Crippen LogP contribution >= 0.6 is 0 Å². The highest BCUT2D eigenvalue weighted by molar-refractivity contribution is 5.79. The predicted octanol–water partition coefficient (Wildman–Crippen LogP) is 3.20. The first kappa shape index (κ1) is 13.7. The van der Waals surface area contributed by atoms with Crippen molar-refractivity contribution in [3.63, 3.8) is 0 Å². The Bertz CT molecular complexity index is 577. The van der Waals surface area contributed by atoms with E-state index >= 15 is 0 Å². The lowest BCUT2D eigenvalue weighted by molar-refractivity contribution is 0.0982. The van der Waals surface area contributed by atoms with Crippen LogP contribution < -0.4 is 5.32 Å². The summed E-state index contributed by atoms with van der Waals surface area (Å²) in [6.07, 6.45) is 6.64. The minimum absolute atomic E-state index is 0.0786. The molecule has 3 heteroatoms. The molecule has 2 aromatic rings. The number of hydrogen-bond acceptors (Lipinski definition) is 2. The number of benzene rings is 1. The van der Waals surface area contributed by atoms with Crippen molar-refractivity contribution in [2.24, 2.45) is 5.92 Å². The van der Waals surface area contributed by atoms with Crippen molar-refractivity contribution in [3.8, 4) is 0 Å². The molecule has 1 fully saturated rings. The van der Waals surface area contributed by atoms with Crippen LogP contribution in [0.1, 0.15) is 38.2 Å². The standard InChI is InChI=1S/C17H24N2O/c1-13-3-2-7-17(10-13,12-20)19-11-14-4-5-16-15(9-14)6-8-18-16/h4-6,8-9,13,18-20H,2-3,7,10-12H2,1H3. The van der Waals surface area contributed by atoms with E-state index in [4.69, 9.17) is 0 Å². The molecule has 0 amide bonds. The van der Waals surface area contributed by atoms with E-state index in [9.17, 15) is 5.11 Å². The number of rotatable bonds is 4. The van der Waals surface area contributed by atoms with Gasteiger partial charge in [0.05, 0.1) is 6.61 Å². The molecule has 1 heterocycles. The van der Waals surface area contributed by atoms with Crippen molar-refractivity contribution < 1.29 is 5.11 Å². The first-order valence-corrected chi connectivity index (χ1v) is 7.63. The zero-order valence-corrected chi connectivity index (χ0v) is 12.2. The highest BCUT2D eigenvalue weighted by Crippen LogP contribution is 2.32. The van der Waals surface area contributed by atoms with Gasteiger partial charge in [0.2, 0.25) is 0 Å². The Morgan fingerprint density at radius 3 is 3.10 bits per heavy atom. The van der Waals surface area contributed by atoms with Crippen molar-refractivity contribution >= 4 is 10.9 Å². The average molecular weight is 272 g/mol. The maximum atomic E-state index is 9.81. The molecular weight excluding hydrogens is 248 g/mol. The summed E-state index contributed by atoms with van der Waals surface area (Å²) < 4.78 is 0. The van der Waals surface area contributed by atoms with Crippen LogP contribution in [0.25, 0.3) is 10.9 Å². The van der Waals surface area contributed by atoms with Crippen molar-refractivity contribution in [1.82, 2.24) is 10.3 Å². The summed E-state index contributed by atoms with van der Waals surface area (Å²) in [5.41, 5.74) is 2.38. The topological polar surface area (TPSA) is 48.0 Å². The van der Waals surface area contributed by atoms with Gasteiger partial charge in [0.25, 0.3) is 0 Å². The maximum Gasteiger partial charge on any atom is 0.0613 e. The highest BCUT2D eigenvalue weighted by Gasteiger charge is 2.33. The summed E-state index contributed by atoms with van der Waals surface area (Å²) in [5, 5.41) is 14.7.